The number of rotatable bonds is 12. The van der Waals surface area contributed by atoms with Crippen LogP contribution in [0.2, 0.25) is 0 Å². The van der Waals surface area contributed by atoms with E-state index in [1.54, 1.807) is 30.4 Å². The van der Waals surface area contributed by atoms with Gasteiger partial charge in [-0.15, -0.1) is 0 Å². The van der Waals surface area contributed by atoms with Crippen molar-refractivity contribution in [3.05, 3.63) is 89.6 Å². The molecule has 0 aliphatic rings. The summed E-state index contributed by atoms with van der Waals surface area (Å²) in [6.45, 7) is 4.48. The SMILES string of the molecule is COc1cc2c(cc1-c1c(C)noc1C)ncc1c(C(=O)NCCCCCC(=O)Nc3ccc(F)cc3N)n(Cc3ccncc3)nc12. The van der Waals surface area contributed by atoms with Crippen LogP contribution in [-0.2, 0) is 11.3 Å². The van der Waals surface area contributed by atoms with Crippen LogP contribution in [0.3, 0.4) is 0 Å². The fourth-order valence-electron chi connectivity index (χ4n) is 5.78. The van der Waals surface area contributed by atoms with E-state index >= 15 is 0 Å². The van der Waals surface area contributed by atoms with Crippen LogP contribution < -0.4 is 21.1 Å². The monoisotopic (exact) mass is 650 g/mol. The third-order valence-electron chi connectivity index (χ3n) is 8.15. The van der Waals surface area contributed by atoms with Crippen molar-refractivity contribution in [2.24, 2.45) is 0 Å². The maximum Gasteiger partial charge on any atom is 0.270 e. The summed E-state index contributed by atoms with van der Waals surface area (Å²) in [4.78, 5) is 34.9. The van der Waals surface area contributed by atoms with Crippen LogP contribution in [0.4, 0.5) is 15.8 Å². The van der Waals surface area contributed by atoms with Crippen molar-refractivity contribution in [1.82, 2.24) is 30.2 Å². The number of benzene rings is 2. The maximum atomic E-state index is 13.7. The second-order valence-electron chi connectivity index (χ2n) is 11.5. The molecule has 13 heteroatoms. The molecule has 0 aliphatic heterocycles. The molecule has 12 nitrogen and oxygen atoms in total. The molecular weight excluding hydrogens is 615 g/mol. The van der Waals surface area contributed by atoms with Gasteiger partial charge in [-0.25, -0.2) is 4.39 Å². The Hall–Kier alpha value is -5.85. The molecule has 246 valence electrons. The second kappa shape index (κ2) is 13.9. The van der Waals surface area contributed by atoms with Crippen molar-refractivity contribution in [3.8, 4) is 16.9 Å². The van der Waals surface area contributed by atoms with E-state index < -0.39 is 5.82 Å². The zero-order valence-corrected chi connectivity index (χ0v) is 26.8. The minimum Gasteiger partial charge on any atom is -0.496 e. The van der Waals surface area contributed by atoms with E-state index in [1.165, 1.54) is 12.1 Å². The van der Waals surface area contributed by atoms with Crippen LogP contribution in [-0.4, -0.2) is 50.4 Å². The number of carbonyl (C=O) groups excluding carboxylic acids is 2. The molecule has 0 saturated heterocycles. The molecule has 0 bridgehead atoms. The number of fused-ring (bicyclic) bond motifs is 3. The van der Waals surface area contributed by atoms with Gasteiger partial charge in [-0.1, -0.05) is 11.6 Å². The van der Waals surface area contributed by atoms with E-state index in [0.29, 0.717) is 71.7 Å². The molecule has 4 N–H and O–H groups in total. The molecule has 6 aromatic rings. The van der Waals surface area contributed by atoms with E-state index in [-0.39, 0.29) is 23.9 Å². The first kappa shape index (κ1) is 32.1. The Bertz CT molecular complexity index is 2110. The Kier molecular flexibility index (Phi) is 9.28. The Morgan fingerprint density at radius 1 is 1.04 bits per heavy atom. The predicted molar refractivity (Wildman–Crippen MR) is 180 cm³/mol. The number of hydrogen-bond acceptors (Lipinski definition) is 9. The summed E-state index contributed by atoms with van der Waals surface area (Å²) in [7, 11) is 1.60. The van der Waals surface area contributed by atoms with Crippen LogP contribution >= 0.6 is 0 Å². The van der Waals surface area contributed by atoms with E-state index in [1.807, 2.05) is 38.1 Å². The molecule has 4 heterocycles. The topological polar surface area (TPSA) is 163 Å². The minimum atomic E-state index is -0.464. The van der Waals surface area contributed by atoms with Crippen LogP contribution in [0.5, 0.6) is 5.75 Å². The summed E-state index contributed by atoms with van der Waals surface area (Å²) in [5, 5.41) is 16.1. The summed E-state index contributed by atoms with van der Waals surface area (Å²) in [5.74, 6) is 0.324. The Morgan fingerprint density at radius 3 is 2.58 bits per heavy atom. The molecular formula is C35H35FN8O4. The van der Waals surface area contributed by atoms with Gasteiger partial charge >= 0.3 is 0 Å². The summed E-state index contributed by atoms with van der Waals surface area (Å²) in [6, 6.07) is 11.4. The number of amides is 2. The summed E-state index contributed by atoms with van der Waals surface area (Å²) in [5.41, 5.74) is 11.3. The Balaban J connectivity index is 1.20. The standard InChI is InChI=1S/C35H35FN8O4/c1-20-32(21(2)48-43-20)25-16-29-24(17-30(25)47-3)33-26(18-40-29)34(44(42-33)19-22-10-13-38-14-11-22)35(46)39-12-6-4-5-7-31(45)41-28-9-8-23(36)15-27(28)37/h8-11,13-18H,4-7,12,19,37H2,1-3H3,(H,39,46)(H,41,45). The lowest BCUT2D eigenvalue weighted by Gasteiger charge is -2.10. The van der Waals surface area contributed by atoms with E-state index in [9.17, 15) is 14.0 Å². The van der Waals surface area contributed by atoms with Gasteiger partial charge in [0.15, 0.2) is 0 Å². The number of unbranched alkanes of at least 4 members (excludes halogenated alkanes) is 2. The van der Waals surface area contributed by atoms with Crippen molar-refractivity contribution >= 4 is 45.0 Å². The van der Waals surface area contributed by atoms with Crippen molar-refractivity contribution in [2.45, 2.75) is 46.1 Å². The summed E-state index contributed by atoms with van der Waals surface area (Å²) >= 11 is 0. The van der Waals surface area contributed by atoms with Crippen LogP contribution in [0.1, 0.15) is 53.2 Å². The quantitative estimate of drug-likeness (QED) is 0.107. The zero-order valence-electron chi connectivity index (χ0n) is 26.8. The predicted octanol–water partition coefficient (Wildman–Crippen LogP) is 5.96. The molecule has 0 spiro atoms. The van der Waals surface area contributed by atoms with Gasteiger partial charge < -0.3 is 25.6 Å². The lowest BCUT2D eigenvalue weighted by atomic mass is 10.00. The van der Waals surface area contributed by atoms with E-state index in [0.717, 1.165) is 33.8 Å². The van der Waals surface area contributed by atoms with Crippen LogP contribution in [0, 0.1) is 19.7 Å². The number of nitrogens with zero attached hydrogens (tertiary/aromatic N) is 5. The Labute approximate surface area is 275 Å². The third-order valence-corrected chi connectivity index (χ3v) is 8.15. The number of methoxy groups -OCH3 is 1. The van der Waals surface area contributed by atoms with Gasteiger partial charge in [0.05, 0.1) is 47.2 Å². The molecule has 6 rings (SSSR count). The van der Waals surface area contributed by atoms with Gasteiger partial charge in [0, 0.05) is 42.5 Å². The average molecular weight is 651 g/mol. The number of anilines is 2. The first-order chi connectivity index (χ1) is 23.2. The first-order valence-electron chi connectivity index (χ1n) is 15.6. The molecule has 0 aliphatic carbocycles. The number of hydrogen-bond donors (Lipinski definition) is 3. The number of aromatic nitrogens is 5. The molecule has 0 radical (unpaired) electrons. The molecule has 0 unspecified atom stereocenters. The molecule has 0 saturated carbocycles. The molecule has 4 aromatic heterocycles. The van der Waals surface area contributed by atoms with Gasteiger partial charge in [0.1, 0.15) is 28.5 Å². The number of carbonyl (C=O) groups is 2. The average Bonchev–Trinajstić information content (AvgIpc) is 3.61. The first-order valence-corrected chi connectivity index (χ1v) is 15.6. The fourth-order valence-corrected chi connectivity index (χ4v) is 5.78. The number of halogens is 1. The molecule has 2 aromatic carbocycles. The summed E-state index contributed by atoms with van der Waals surface area (Å²) < 4.78 is 26.2. The van der Waals surface area contributed by atoms with Gasteiger partial charge in [-0.3, -0.25) is 24.2 Å². The highest BCUT2D eigenvalue weighted by atomic mass is 19.1. The number of nitrogens with two attached hydrogens (primary N) is 1. The number of ether oxygens (including phenoxy) is 1. The highest BCUT2D eigenvalue weighted by Crippen LogP contribution is 2.39. The lowest BCUT2D eigenvalue weighted by Crippen LogP contribution is -2.27. The van der Waals surface area contributed by atoms with Crippen molar-refractivity contribution < 1.29 is 23.2 Å². The number of pyridine rings is 2. The number of nitrogens with one attached hydrogen (secondary N) is 2. The minimum absolute atomic E-state index is 0.172. The Morgan fingerprint density at radius 2 is 1.85 bits per heavy atom. The smallest absolute Gasteiger partial charge is 0.270 e. The van der Waals surface area contributed by atoms with E-state index in [2.05, 4.69) is 20.8 Å². The lowest BCUT2D eigenvalue weighted by molar-refractivity contribution is -0.116. The van der Waals surface area contributed by atoms with Crippen LogP contribution in [0.15, 0.2) is 65.6 Å². The fraction of sp³-hybridized carbons (Fsp3) is 0.257. The van der Waals surface area contributed by atoms with Crippen LogP contribution in [0.25, 0.3) is 32.9 Å². The third kappa shape index (κ3) is 6.66. The molecule has 48 heavy (non-hydrogen) atoms. The van der Waals surface area contributed by atoms with E-state index in [4.69, 9.17) is 25.1 Å². The highest BCUT2D eigenvalue weighted by molar-refractivity contribution is 6.13. The maximum absolute atomic E-state index is 13.7. The van der Waals surface area contributed by atoms with Gasteiger partial charge in [0.25, 0.3) is 5.91 Å². The molecule has 2 amide bonds. The largest absolute Gasteiger partial charge is 0.496 e. The van der Waals surface area contributed by atoms with Gasteiger partial charge in [-0.05, 0) is 74.7 Å². The van der Waals surface area contributed by atoms with Crippen molar-refractivity contribution in [1.29, 1.82) is 0 Å². The molecule has 0 atom stereocenters. The normalized spacial score (nSPS) is 11.2. The van der Waals surface area contributed by atoms with Crippen molar-refractivity contribution in [2.75, 3.05) is 24.7 Å². The van der Waals surface area contributed by atoms with Gasteiger partial charge in [0.2, 0.25) is 5.91 Å². The van der Waals surface area contributed by atoms with Gasteiger partial charge in [-0.2, -0.15) is 5.10 Å². The molecule has 0 fully saturated rings. The van der Waals surface area contributed by atoms with Crippen molar-refractivity contribution in [3.63, 3.8) is 0 Å². The highest BCUT2D eigenvalue weighted by Gasteiger charge is 2.23. The second-order valence-corrected chi connectivity index (χ2v) is 11.5. The number of nitrogen functional groups attached to an aromatic ring is 1. The zero-order chi connectivity index (χ0) is 33.8. The number of aryl methyl sites for hydroxylation is 2. The summed E-state index contributed by atoms with van der Waals surface area (Å²) in [6.07, 6.45) is 7.34.